The lowest BCUT2D eigenvalue weighted by molar-refractivity contribution is -0.118. The molecule has 1 amide bonds. The molecule has 0 saturated heterocycles. The summed E-state index contributed by atoms with van der Waals surface area (Å²) in [5.41, 5.74) is 6.22. The number of hydrogen-bond donors (Lipinski definition) is 1. The zero-order valence-corrected chi connectivity index (χ0v) is 20.0. The number of nitrogens with zero attached hydrogens (tertiary/aromatic N) is 1. The minimum Gasteiger partial charge on any atom is -0.484 e. The van der Waals surface area contributed by atoms with Crippen LogP contribution in [0.25, 0.3) is 22.6 Å². The lowest BCUT2D eigenvalue weighted by atomic mass is 9.98. The summed E-state index contributed by atoms with van der Waals surface area (Å²) < 4.78 is 11.6. The maximum absolute atomic E-state index is 12.3. The van der Waals surface area contributed by atoms with Gasteiger partial charge in [-0.2, -0.15) is 0 Å². The predicted molar refractivity (Wildman–Crippen MR) is 133 cm³/mol. The van der Waals surface area contributed by atoms with E-state index in [-0.39, 0.29) is 12.5 Å². The van der Waals surface area contributed by atoms with Crippen molar-refractivity contribution in [3.63, 3.8) is 0 Å². The van der Waals surface area contributed by atoms with Gasteiger partial charge in [0.1, 0.15) is 11.3 Å². The Morgan fingerprint density at radius 1 is 1.09 bits per heavy atom. The first kappa shape index (κ1) is 22.9. The van der Waals surface area contributed by atoms with E-state index < -0.39 is 0 Å². The summed E-state index contributed by atoms with van der Waals surface area (Å²) in [6.45, 7) is 8.11. The second-order valence-electron chi connectivity index (χ2n) is 8.34. The van der Waals surface area contributed by atoms with Gasteiger partial charge in [0.25, 0.3) is 5.91 Å². The Hall–Kier alpha value is -3.31. The molecule has 1 unspecified atom stereocenters. The number of nitrogens with one attached hydrogen (secondary N) is 1. The van der Waals surface area contributed by atoms with Gasteiger partial charge >= 0.3 is 0 Å². The van der Waals surface area contributed by atoms with E-state index >= 15 is 0 Å². The van der Waals surface area contributed by atoms with Gasteiger partial charge in [-0.25, -0.2) is 4.98 Å². The van der Waals surface area contributed by atoms with E-state index in [1.54, 1.807) is 0 Å². The van der Waals surface area contributed by atoms with E-state index in [0.717, 1.165) is 34.2 Å². The molecule has 4 rings (SSSR count). The number of carbonyl (C=O) groups is 1. The fraction of sp³-hybridized carbons (Fsp3) is 0.259. The Labute approximate surface area is 198 Å². The molecule has 0 aliphatic carbocycles. The molecule has 5 nitrogen and oxygen atoms in total. The average Bonchev–Trinajstić information content (AvgIpc) is 3.24. The first-order valence-corrected chi connectivity index (χ1v) is 11.4. The number of hydrogen-bond acceptors (Lipinski definition) is 4. The smallest absolute Gasteiger partial charge is 0.262 e. The van der Waals surface area contributed by atoms with E-state index in [2.05, 4.69) is 36.3 Å². The number of aryl methyl sites for hydroxylation is 2. The third kappa shape index (κ3) is 5.20. The molecule has 1 heterocycles. The van der Waals surface area contributed by atoms with E-state index in [1.807, 2.05) is 56.3 Å². The molecule has 0 aliphatic heterocycles. The number of rotatable bonds is 7. The Morgan fingerprint density at radius 2 is 1.79 bits per heavy atom. The first-order chi connectivity index (χ1) is 15.8. The van der Waals surface area contributed by atoms with Gasteiger partial charge in [0.15, 0.2) is 12.2 Å². The molecule has 0 radical (unpaired) electrons. The number of halogens is 1. The van der Waals surface area contributed by atoms with Gasteiger partial charge in [-0.3, -0.25) is 4.79 Å². The van der Waals surface area contributed by atoms with Crippen LogP contribution in [0, 0.1) is 13.8 Å². The molecule has 1 atom stereocenters. The third-order valence-electron chi connectivity index (χ3n) is 5.79. The molecule has 0 fully saturated rings. The Bertz CT molecular complexity index is 1270. The van der Waals surface area contributed by atoms with Gasteiger partial charge in [0, 0.05) is 16.3 Å². The standard InChI is InChI=1S/C27H27ClN2O3/c1-5-16(2)20-8-11-24-23(14-20)30-27(33-24)19-6-9-21(10-7-19)29-25(31)15-32-22-12-17(3)26(28)18(4)13-22/h6-14,16H,5,15H2,1-4H3,(H,29,31). The van der Waals surface area contributed by atoms with Crippen molar-refractivity contribution in [2.24, 2.45) is 0 Å². The van der Waals surface area contributed by atoms with Gasteiger partial charge < -0.3 is 14.5 Å². The van der Waals surface area contributed by atoms with Crippen molar-refractivity contribution in [2.75, 3.05) is 11.9 Å². The van der Waals surface area contributed by atoms with Crippen molar-refractivity contribution in [2.45, 2.75) is 40.0 Å². The van der Waals surface area contributed by atoms with E-state index in [9.17, 15) is 4.79 Å². The predicted octanol–water partition coefficient (Wildman–Crippen LogP) is 7.30. The fourth-order valence-corrected chi connectivity index (χ4v) is 3.75. The Kier molecular flexibility index (Phi) is 6.70. The molecule has 0 bridgehead atoms. The van der Waals surface area contributed by atoms with Crippen LogP contribution in [0.2, 0.25) is 5.02 Å². The summed E-state index contributed by atoms with van der Waals surface area (Å²) >= 11 is 6.18. The van der Waals surface area contributed by atoms with Crippen molar-refractivity contribution in [1.82, 2.24) is 4.98 Å². The average molecular weight is 463 g/mol. The Morgan fingerprint density at radius 3 is 2.45 bits per heavy atom. The highest BCUT2D eigenvalue weighted by molar-refractivity contribution is 6.32. The SMILES string of the molecule is CCC(C)c1ccc2oc(-c3ccc(NC(=O)COc4cc(C)c(Cl)c(C)c4)cc3)nc2c1. The fourth-order valence-electron chi connectivity index (χ4n) is 3.64. The zero-order valence-electron chi connectivity index (χ0n) is 19.2. The number of oxazole rings is 1. The molecule has 4 aromatic rings. The highest BCUT2D eigenvalue weighted by Crippen LogP contribution is 2.29. The number of benzene rings is 3. The number of ether oxygens (including phenoxy) is 1. The molecule has 0 aliphatic rings. The topological polar surface area (TPSA) is 64.4 Å². The van der Waals surface area contributed by atoms with Crippen molar-refractivity contribution in [1.29, 1.82) is 0 Å². The van der Waals surface area contributed by atoms with Gasteiger partial charge in [-0.1, -0.05) is 31.5 Å². The number of anilines is 1. The second kappa shape index (κ2) is 9.67. The molecule has 1 N–H and O–H groups in total. The number of amides is 1. The summed E-state index contributed by atoms with van der Waals surface area (Å²) in [7, 11) is 0. The Balaban J connectivity index is 1.40. The lowest BCUT2D eigenvalue weighted by Crippen LogP contribution is -2.20. The number of fused-ring (bicyclic) bond motifs is 1. The van der Waals surface area contributed by atoms with Crippen LogP contribution in [0.15, 0.2) is 59.0 Å². The maximum atomic E-state index is 12.3. The molecular formula is C27H27ClN2O3. The van der Waals surface area contributed by atoms with Crippen LogP contribution in [-0.4, -0.2) is 17.5 Å². The van der Waals surface area contributed by atoms with Crippen LogP contribution in [-0.2, 0) is 4.79 Å². The first-order valence-electron chi connectivity index (χ1n) is 11.0. The third-order valence-corrected chi connectivity index (χ3v) is 6.38. The van der Waals surface area contributed by atoms with Crippen LogP contribution in [0.4, 0.5) is 5.69 Å². The van der Waals surface area contributed by atoms with Crippen LogP contribution < -0.4 is 10.1 Å². The van der Waals surface area contributed by atoms with E-state index in [4.69, 9.17) is 20.8 Å². The van der Waals surface area contributed by atoms with E-state index in [0.29, 0.717) is 28.3 Å². The van der Waals surface area contributed by atoms with Crippen molar-refractivity contribution < 1.29 is 13.9 Å². The molecular weight excluding hydrogens is 436 g/mol. The molecule has 6 heteroatoms. The van der Waals surface area contributed by atoms with Gasteiger partial charge in [-0.15, -0.1) is 0 Å². The second-order valence-corrected chi connectivity index (χ2v) is 8.72. The minimum absolute atomic E-state index is 0.0914. The van der Waals surface area contributed by atoms with Crippen LogP contribution in [0.3, 0.4) is 0 Å². The van der Waals surface area contributed by atoms with Crippen LogP contribution >= 0.6 is 11.6 Å². The largest absolute Gasteiger partial charge is 0.484 e. The van der Waals surface area contributed by atoms with E-state index in [1.165, 1.54) is 5.56 Å². The van der Waals surface area contributed by atoms with Crippen molar-refractivity contribution >= 4 is 34.3 Å². The lowest BCUT2D eigenvalue weighted by Gasteiger charge is -2.10. The summed E-state index contributed by atoms with van der Waals surface area (Å²) in [6.07, 6.45) is 1.08. The van der Waals surface area contributed by atoms with Gasteiger partial charge in [-0.05, 0) is 91.4 Å². The number of carbonyl (C=O) groups excluding carboxylic acids is 1. The highest BCUT2D eigenvalue weighted by atomic mass is 35.5. The summed E-state index contributed by atoms with van der Waals surface area (Å²) in [5, 5.41) is 3.55. The molecule has 1 aromatic heterocycles. The minimum atomic E-state index is -0.243. The summed E-state index contributed by atoms with van der Waals surface area (Å²) in [6, 6.07) is 17.2. The van der Waals surface area contributed by atoms with Gasteiger partial charge in [0.2, 0.25) is 5.89 Å². The molecule has 170 valence electrons. The van der Waals surface area contributed by atoms with Crippen LogP contribution in [0.1, 0.15) is 42.9 Å². The normalized spacial score (nSPS) is 12.0. The monoisotopic (exact) mass is 462 g/mol. The quantitative estimate of drug-likeness (QED) is 0.313. The van der Waals surface area contributed by atoms with Gasteiger partial charge in [0.05, 0.1) is 0 Å². The van der Waals surface area contributed by atoms with Crippen molar-refractivity contribution in [3.8, 4) is 17.2 Å². The molecule has 33 heavy (non-hydrogen) atoms. The number of aromatic nitrogens is 1. The summed E-state index contributed by atoms with van der Waals surface area (Å²) in [4.78, 5) is 17.0. The van der Waals surface area contributed by atoms with Crippen molar-refractivity contribution in [3.05, 3.63) is 76.3 Å². The van der Waals surface area contributed by atoms with Crippen LogP contribution in [0.5, 0.6) is 5.75 Å². The highest BCUT2D eigenvalue weighted by Gasteiger charge is 2.12. The summed E-state index contributed by atoms with van der Waals surface area (Å²) in [5.74, 6) is 1.41. The molecule has 0 saturated carbocycles. The zero-order chi connectivity index (χ0) is 23.5. The molecule has 0 spiro atoms. The maximum Gasteiger partial charge on any atom is 0.262 e. The molecule has 3 aromatic carbocycles.